The third-order valence-electron chi connectivity index (χ3n) is 4.23. The molecule has 0 saturated heterocycles. The van der Waals surface area contributed by atoms with Crippen molar-refractivity contribution in [2.24, 2.45) is 0 Å². The van der Waals surface area contributed by atoms with Gasteiger partial charge in [0.2, 0.25) is 5.78 Å². The van der Waals surface area contributed by atoms with Crippen LogP contribution in [0, 0.1) is 13.8 Å². The first kappa shape index (κ1) is 21.2. The zero-order chi connectivity index (χ0) is 18.5. The zero-order valence-electron chi connectivity index (χ0n) is 15.9. The van der Waals surface area contributed by atoms with Gasteiger partial charge in [-0.1, -0.05) is 69.6 Å². The Morgan fingerprint density at radius 1 is 0.880 bits per heavy atom. The largest absolute Gasteiger partial charge is 0.508 e. The van der Waals surface area contributed by atoms with Crippen molar-refractivity contribution in [2.45, 2.75) is 72.1 Å². The van der Waals surface area contributed by atoms with Gasteiger partial charge >= 0.3 is 6.16 Å². The van der Waals surface area contributed by atoms with Gasteiger partial charge in [-0.25, -0.2) is 4.79 Å². The molecule has 0 N–H and O–H groups in total. The lowest BCUT2D eigenvalue weighted by atomic mass is 10.0. The van der Waals surface area contributed by atoms with Crippen molar-refractivity contribution in [2.75, 3.05) is 13.2 Å². The lowest BCUT2D eigenvalue weighted by Gasteiger charge is -2.08. The second-order valence-electron chi connectivity index (χ2n) is 6.60. The highest BCUT2D eigenvalue weighted by Crippen LogP contribution is 2.12. The number of benzene rings is 1. The van der Waals surface area contributed by atoms with Crippen LogP contribution in [-0.4, -0.2) is 25.2 Å². The molecule has 1 rings (SSSR count). The smallest absolute Gasteiger partial charge is 0.434 e. The lowest BCUT2D eigenvalue weighted by Crippen LogP contribution is -2.16. The van der Waals surface area contributed by atoms with Crippen molar-refractivity contribution >= 4 is 11.9 Å². The Hall–Kier alpha value is -1.84. The minimum absolute atomic E-state index is 0.203. The number of aryl methyl sites for hydroxylation is 2. The van der Waals surface area contributed by atoms with Crippen LogP contribution in [-0.2, 0) is 9.47 Å². The number of hydrogen-bond donors (Lipinski definition) is 0. The molecule has 0 aliphatic heterocycles. The van der Waals surface area contributed by atoms with Crippen LogP contribution in [0.1, 0.15) is 79.8 Å². The summed E-state index contributed by atoms with van der Waals surface area (Å²) >= 11 is 0. The van der Waals surface area contributed by atoms with Crippen molar-refractivity contribution < 1.29 is 19.1 Å². The van der Waals surface area contributed by atoms with Gasteiger partial charge in [-0.15, -0.1) is 0 Å². The van der Waals surface area contributed by atoms with E-state index in [0.717, 1.165) is 24.0 Å². The van der Waals surface area contributed by atoms with Gasteiger partial charge in [0.25, 0.3) is 0 Å². The summed E-state index contributed by atoms with van der Waals surface area (Å²) in [7, 11) is 0. The summed E-state index contributed by atoms with van der Waals surface area (Å²) < 4.78 is 9.93. The highest BCUT2D eigenvalue weighted by atomic mass is 16.7. The Morgan fingerprint density at radius 2 is 1.52 bits per heavy atom. The number of ether oxygens (including phenoxy) is 2. The number of Topliss-reactive ketones (excluding diaryl/α,β-unsaturated/α-hetero) is 1. The molecule has 0 aliphatic carbocycles. The normalized spacial score (nSPS) is 10.5. The Labute approximate surface area is 151 Å². The van der Waals surface area contributed by atoms with Crippen molar-refractivity contribution in [3.05, 3.63) is 34.9 Å². The van der Waals surface area contributed by atoms with E-state index in [4.69, 9.17) is 9.47 Å². The summed E-state index contributed by atoms with van der Waals surface area (Å²) in [4.78, 5) is 23.7. The standard InChI is InChI=1S/C21H32O4/c1-4-5-6-7-8-9-10-11-14-24-21(23)25-16-20(22)19-15-17(2)12-13-18(19)3/h12-13,15H,4-11,14,16H2,1-3H3. The van der Waals surface area contributed by atoms with Crippen LogP contribution in [0.25, 0.3) is 0 Å². The van der Waals surface area contributed by atoms with E-state index >= 15 is 0 Å². The molecular weight excluding hydrogens is 316 g/mol. The van der Waals surface area contributed by atoms with E-state index in [0.29, 0.717) is 12.2 Å². The maximum Gasteiger partial charge on any atom is 0.508 e. The van der Waals surface area contributed by atoms with E-state index in [2.05, 4.69) is 6.92 Å². The molecule has 0 aromatic heterocycles. The third-order valence-corrected chi connectivity index (χ3v) is 4.23. The molecule has 0 unspecified atom stereocenters. The van der Waals surface area contributed by atoms with Crippen molar-refractivity contribution in [1.29, 1.82) is 0 Å². The van der Waals surface area contributed by atoms with Crippen molar-refractivity contribution in [1.82, 2.24) is 0 Å². The molecule has 0 bridgehead atoms. The monoisotopic (exact) mass is 348 g/mol. The second-order valence-corrected chi connectivity index (χ2v) is 6.60. The van der Waals surface area contributed by atoms with Crippen LogP contribution >= 0.6 is 0 Å². The number of hydrogen-bond acceptors (Lipinski definition) is 4. The van der Waals surface area contributed by atoms with Crippen molar-refractivity contribution in [3.63, 3.8) is 0 Å². The molecule has 1 aromatic rings. The van der Waals surface area contributed by atoms with Gasteiger partial charge in [-0.05, 0) is 31.9 Å². The Kier molecular flexibility index (Phi) is 10.6. The van der Waals surface area contributed by atoms with Gasteiger partial charge < -0.3 is 9.47 Å². The number of unbranched alkanes of at least 4 members (excludes halogenated alkanes) is 7. The molecule has 0 aliphatic rings. The Balaban J connectivity index is 2.11. The summed E-state index contributed by atoms with van der Waals surface area (Å²) in [5, 5.41) is 0. The van der Waals surface area contributed by atoms with Gasteiger partial charge in [0.1, 0.15) is 0 Å². The Bertz CT molecular complexity index is 537. The molecule has 0 heterocycles. The quantitative estimate of drug-likeness (QED) is 0.273. The number of carbonyl (C=O) groups is 2. The van der Waals surface area contributed by atoms with Gasteiger partial charge in [0.05, 0.1) is 6.61 Å². The summed E-state index contributed by atoms with van der Waals surface area (Å²) in [6.45, 7) is 6.08. The average molecular weight is 348 g/mol. The molecule has 1 aromatic carbocycles. The topological polar surface area (TPSA) is 52.6 Å². The summed E-state index contributed by atoms with van der Waals surface area (Å²) in [6.07, 6.45) is 8.74. The molecule has 0 fully saturated rings. The molecular formula is C21H32O4. The molecule has 4 nitrogen and oxygen atoms in total. The van der Waals surface area contributed by atoms with Crippen LogP contribution in [0.5, 0.6) is 0 Å². The fourth-order valence-electron chi connectivity index (χ4n) is 2.67. The molecule has 140 valence electrons. The first-order chi connectivity index (χ1) is 12.0. The van der Waals surface area contributed by atoms with Gasteiger partial charge in [-0.2, -0.15) is 0 Å². The van der Waals surface area contributed by atoms with E-state index in [9.17, 15) is 9.59 Å². The first-order valence-electron chi connectivity index (χ1n) is 9.44. The van der Waals surface area contributed by atoms with E-state index < -0.39 is 6.16 Å². The van der Waals surface area contributed by atoms with Crippen LogP contribution in [0.15, 0.2) is 18.2 Å². The fourth-order valence-corrected chi connectivity index (χ4v) is 2.67. The average Bonchev–Trinajstić information content (AvgIpc) is 2.60. The highest BCUT2D eigenvalue weighted by Gasteiger charge is 2.13. The van der Waals surface area contributed by atoms with Crippen molar-refractivity contribution in [3.8, 4) is 0 Å². The summed E-state index contributed by atoms with van der Waals surface area (Å²) in [5.41, 5.74) is 2.48. The summed E-state index contributed by atoms with van der Waals surface area (Å²) in [5.74, 6) is -0.203. The molecule has 0 amide bonds. The molecule has 0 atom stereocenters. The van der Waals surface area contributed by atoms with E-state index in [-0.39, 0.29) is 12.4 Å². The van der Waals surface area contributed by atoms with E-state index in [1.807, 2.05) is 32.0 Å². The fraction of sp³-hybridized carbons (Fsp3) is 0.619. The highest BCUT2D eigenvalue weighted by molar-refractivity contribution is 5.99. The van der Waals surface area contributed by atoms with E-state index in [1.165, 1.54) is 38.5 Å². The number of ketones is 1. The van der Waals surface area contributed by atoms with Gasteiger partial charge in [-0.3, -0.25) is 4.79 Å². The lowest BCUT2D eigenvalue weighted by molar-refractivity contribution is 0.0488. The second kappa shape index (κ2) is 12.5. The third kappa shape index (κ3) is 9.28. The summed E-state index contributed by atoms with van der Waals surface area (Å²) in [6, 6.07) is 5.65. The van der Waals surface area contributed by atoms with Crippen LogP contribution < -0.4 is 0 Å². The first-order valence-corrected chi connectivity index (χ1v) is 9.44. The van der Waals surface area contributed by atoms with Gasteiger partial charge in [0, 0.05) is 5.56 Å². The van der Waals surface area contributed by atoms with Crippen LogP contribution in [0.3, 0.4) is 0 Å². The predicted octanol–water partition coefficient (Wildman–Crippen LogP) is 5.78. The maximum atomic E-state index is 12.1. The minimum atomic E-state index is -0.762. The molecule has 4 heteroatoms. The molecule has 25 heavy (non-hydrogen) atoms. The zero-order valence-corrected chi connectivity index (χ0v) is 15.9. The SMILES string of the molecule is CCCCCCCCCCOC(=O)OCC(=O)c1cc(C)ccc1C. The predicted molar refractivity (Wildman–Crippen MR) is 100 cm³/mol. The molecule has 0 radical (unpaired) electrons. The Morgan fingerprint density at radius 3 is 2.20 bits per heavy atom. The number of rotatable bonds is 12. The molecule has 0 spiro atoms. The number of carbonyl (C=O) groups excluding carboxylic acids is 2. The minimum Gasteiger partial charge on any atom is -0.434 e. The van der Waals surface area contributed by atoms with Gasteiger partial charge in [0.15, 0.2) is 6.61 Å². The van der Waals surface area contributed by atoms with Crippen LogP contribution in [0.2, 0.25) is 0 Å². The molecule has 0 saturated carbocycles. The maximum absolute atomic E-state index is 12.1. The van der Waals surface area contributed by atoms with E-state index in [1.54, 1.807) is 0 Å². The van der Waals surface area contributed by atoms with Crippen LogP contribution in [0.4, 0.5) is 4.79 Å².